The van der Waals surface area contributed by atoms with Crippen LogP contribution in [-0.2, 0) is 19.6 Å². The monoisotopic (exact) mass is 373 g/mol. The van der Waals surface area contributed by atoms with Gasteiger partial charge in [0.25, 0.3) is 0 Å². The average molecular weight is 374 g/mol. The van der Waals surface area contributed by atoms with Crippen LogP contribution in [0.25, 0.3) is 0 Å². The summed E-state index contributed by atoms with van der Waals surface area (Å²) in [4.78, 5) is 21.9. The third kappa shape index (κ3) is 4.67. The molecule has 1 atom stereocenters. The van der Waals surface area contributed by atoms with Crippen molar-refractivity contribution in [2.45, 2.75) is 24.8 Å². The second kappa shape index (κ2) is 8.10. The number of halogens is 1. The number of carbonyl (C=O) groups is 2. The van der Waals surface area contributed by atoms with Crippen LogP contribution in [0.15, 0.2) is 23.1 Å². The van der Waals surface area contributed by atoms with Crippen molar-refractivity contribution in [2.24, 2.45) is 0 Å². The Morgan fingerprint density at radius 1 is 1.46 bits per heavy atom. The third-order valence-corrected chi connectivity index (χ3v) is 5.60. The van der Waals surface area contributed by atoms with Crippen LogP contribution in [0.1, 0.15) is 19.4 Å². The summed E-state index contributed by atoms with van der Waals surface area (Å²) in [6.07, 6.45) is 0. The summed E-state index contributed by atoms with van der Waals surface area (Å²) in [5, 5.41) is 20.2. The number of aliphatic carboxylic acids is 1. The number of rotatable bonds is 7. The first-order valence-electron chi connectivity index (χ1n) is 6.80. The van der Waals surface area contributed by atoms with Crippen LogP contribution in [0.5, 0.6) is 0 Å². The lowest BCUT2D eigenvalue weighted by Gasteiger charge is -2.26. The van der Waals surface area contributed by atoms with Gasteiger partial charge in [-0.15, -0.1) is 0 Å². The molecule has 0 bridgehead atoms. The van der Waals surface area contributed by atoms with Gasteiger partial charge >= 0.3 is 5.97 Å². The highest BCUT2D eigenvalue weighted by Gasteiger charge is 2.34. The molecule has 0 saturated heterocycles. The predicted octanol–water partition coefficient (Wildman–Crippen LogP) is 0.812. The molecule has 1 amide bonds. The van der Waals surface area contributed by atoms with Crippen LogP contribution in [0.2, 0.25) is 5.02 Å². The highest BCUT2D eigenvalue weighted by molar-refractivity contribution is 7.89. The molecule has 1 rings (SSSR count). The number of nitrogens with zero attached hydrogens (tertiary/aromatic N) is 2. The van der Waals surface area contributed by atoms with E-state index in [4.69, 9.17) is 22.0 Å². The van der Waals surface area contributed by atoms with Crippen molar-refractivity contribution in [1.29, 1.82) is 5.26 Å². The number of nitrogens with one attached hydrogen (secondary N) is 1. The Bertz CT molecular complexity index is 788. The summed E-state index contributed by atoms with van der Waals surface area (Å²) in [5.41, 5.74) is 0.176. The Balaban J connectivity index is 3.26. The minimum absolute atomic E-state index is 0.0555. The molecule has 130 valence electrons. The Labute approximate surface area is 144 Å². The predicted molar refractivity (Wildman–Crippen MR) is 85.8 cm³/mol. The Kier molecular flexibility index (Phi) is 6.71. The fourth-order valence-corrected chi connectivity index (χ4v) is 4.00. The average Bonchev–Trinajstić information content (AvgIpc) is 2.49. The summed E-state index contributed by atoms with van der Waals surface area (Å²) in [7, 11) is -4.24. The number of hydrogen-bond donors (Lipinski definition) is 2. The van der Waals surface area contributed by atoms with Gasteiger partial charge in [-0.25, -0.2) is 8.42 Å². The highest BCUT2D eigenvalue weighted by atomic mass is 35.5. The summed E-state index contributed by atoms with van der Waals surface area (Å²) >= 11 is 5.93. The van der Waals surface area contributed by atoms with E-state index in [1.165, 1.54) is 26.0 Å². The molecule has 24 heavy (non-hydrogen) atoms. The van der Waals surface area contributed by atoms with Crippen molar-refractivity contribution >= 4 is 33.5 Å². The minimum Gasteiger partial charge on any atom is -0.480 e. The van der Waals surface area contributed by atoms with Crippen molar-refractivity contribution in [3.8, 4) is 6.07 Å². The molecule has 0 aliphatic rings. The van der Waals surface area contributed by atoms with Gasteiger partial charge in [0.1, 0.15) is 10.9 Å². The lowest BCUT2D eigenvalue weighted by atomic mass is 10.2. The maximum Gasteiger partial charge on any atom is 0.321 e. The van der Waals surface area contributed by atoms with Gasteiger partial charge in [0.2, 0.25) is 15.9 Å². The van der Waals surface area contributed by atoms with Crippen LogP contribution >= 0.6 is 11.6 Å². The van der Waals surface area contributed by atoms with Gasteiger partial charge in [0.15, 0.2) is 0 Å². The number of amides is 1. The number of hydrogen-bond acceptors (Lipinski definition) is 5. The fraction of sp³-hybridized carbons (Fsp3) is 0.357. The topological polar surface area (TPSA) is 128 Å². The first-order chi connectivity index (χ1) is 11.1. The van der Waals surface area contributed by atoms with E-state index in [0.29, 0.717) is 0 Å². The second-order valence-corrected chi connectivity index (χ2v) is 7.14. The highest BCUT2D eigenvalue weighted by Crippen LogP contribution is 2.26. The van der Waals surface area contributed by atoms with E-state index in [0.717, 1.165) is 10.4 Å². The molecular weight excluding hydrogens is 358 g/mol. The molecule has 1 aromatic carbocycles. The van der Waals surface area contributed by atoms with E-state index in [2.05, 4.69) is 5.32 Å². The number of carbonyl (C=O) groups excluding carboxylic acids is 1. The van der Waals surface area contributed by atoms with Crippen molar-refractivity contribution in [3.05, 3.63) is 28.8 Å². The van der Waals surface area contributed by atoms with Gasteiger partial charge < -0.3 is 10.4 Å². The maximum atomic E-state index is 12.8. The second-order valence-electron chi connectivity index (χ2n) is 4.87. The maximum absolute atomic E-state index is 12.8. The third-order valence-electron chi connectivity index (χ3n) is 3.14. The molecule has 0 spiro atoms. The van der Waals surface area contributed by atoms with Crippen molar-refractivity contribution in [1.82, 2.24) is 9.62 Å². The van der Waals surface area contributed by atoms with E-state index < -0.39 is 22.0 Å². The van der Waals surface area contributed by atoms with Gasteiger partial charge in [-0.3, -0.25) is 9.59 Å². The van der Waals surface area contributed by atoms with E-state index in [9.17, 15) is 18.0 Å². The van der Waals surface area contributed by atoms with Gasteiger partial charge in [0.05, 0.1) is 16.7 Å². The smallest absolute Gasteiger partial charge is 0.321 e. The first-order valence-corrected chi connectivity index (χ1v) is 8.61. The lowest BCUT2D eigenvalue weighted by molar-refractivity contribution is -0.140. The summed E-state index contributed by atoms with van der Waals surface area (Å²) in [6, 6.07) is 4.07. The Hall–Kier alpha value is -2.15. The molecule has 2 N–H and O–H groups in total. The lowest BCUT2D eigenvalue weighted by Crippen LogP contribution is -2.46. The first kappa shape index (κ1) is 19.9. The molecule has 0 aliphatic carbocycles. The SMILES string of the molecule is CC(=O)NCCN(C(C)C(=O)O)S(=O)(=O)c1ccc(C#N)cc1Cl. The van der Waals surface area contributed by atoms with Crippen molar-refractivity contribution < 1.29 is 23.1 Å². The van der Waals surface area contributed by atoms with E-state index in [1.807, 2.05) is 6.07 Å². The van der Waals surface area contributed by atoms with E-state index in [1.54, 1.807) is 0 Å². The van der Waals surface area contributed by atoms with Gasteiger partial charge in [-0.2, -0.15) is 9.57 Å². The molecule has 8 nitrogen and oxygen atoms in total. The Morgan fingerprint density at radius 2 is 2.08 bits per heavy atom. The van der Waals surface area contributed by atoms with Gasteiger partial charge in [-0.1, -0.05) is 11.6 Å². The summed E-state index contributed by atoms with van der Waals surface area (Å²) in [5.74, 6) is -1.71. The van der Waals surface area contributed by atoms with Crippen LogP contribution in [0, 0.1) is 11.3 Å². The molecule has 0 heterocycles. The van der Waals surface area contributed by atoms with Crippen molar-refractivity contribution in [3.63, 3.8) is 0 Å². The van der Waals surface area contributed by atoms with Crippen LogP contribution in [0.4, 0.5) is 0 Å². The van der Waals surface area contributed by atoms with Crippen LogP contribution < -0.4 is 5.32 Å². The van der Waals surface area contributed by atoms with Gasteiger partial charge in [-0.05, 0) is 25.1 Å². The standard InChI is InChI=1S/C14H16ClN3O5S/c1-9(14(20)21)18(6-5-17-10(2)19)24(22,23)13-4-3-11(8-16)7-12(13)15/h3-4,7,9H,5-6H2,1-2H3,(H,17,19)(H,20,21). The molecule has 10 heteroatoms. The van der Waals surface area contributed by atoms with Gasteiger partial charge in [0, 0.05) is 20.0 Å². The molecule has 1 unspecified atom stereocenters. The summed E-state index contributed by atoms with van der Waals surface area (Å²) in [6.45, 7) is 2.17. The molecule has 1 aromatic rings. The van der Waals surface area contributed by atoms with Crippen LogP contribution in [-0.4, -0.2) is 48.8 Å². The summed E-state index contributed by atoms with van der Waals surface area (Å²) < 4.78 is 26.2. The van der Waals surface area contributed by atoms with Crippen molar-refractivity contribution in [2.75, 3.05) is 13.1 Å². The Morgan fingerprint density at radius 3 is 2.54 bits per heavy atom. The number of carboxylic acids is 1. The molecule has 0 fully saturated rings. The van der Waals surface area contributed by atoms with Crippen LogP contribution in [0.3, 0.4) is 0 Å². The minimum atomic E-state index is -4.24. The number of benzene rings is 1. The fourth-order valence-electron chi connectivity index (χ4n) is 1.89. The number of nitriles is 1. The molecule has 0 aromatic heterocycles. The zero-order valence-corrected chi connectivity index (χ0v) is 14.6. The largest absolute Gasteiger partial charge is 0.480 e. The number of sulfonamides is 1. The molecule has 0 saturated carbocycles. The normalized spacial score (nSPS) is 12.5. The molecule has 0 radical (unpaired) electrons. The molecule has 0 aliphatic heterocycles. The molecular formula is C14H16ClN3O5S. The van der Waals surface area contributed by atoms with E-state index in [-0.39, 0.29) is 34.5 Å². The quantitative estimate of drug-likeness (QED) is 0.728. The number of carboxylic acid groups (broad SMARTS) is 1. The zero-order chi connectivity index (χ0) is 18.5. The van der Waals surface area contributed by atoms with E-state index >= 15 is 0 Å². The zero-order valence-electron chi connectivity index (χ0n) is 13.0.